The van der Waals surface area contributed by atoms with E-state index in [-0.39, 0.29) is 18.4 Å². The fourth-order valence-corrected chi connectivity index (χ4v) is 4.43. The Hall–Kier alpha value is -3.08. The van der Waals surface area contributed by atoms with Crippen LogP contribution in [0.4, 0.5) is 5.69 Å². The van der Waals surface area contributed by atoms with Crippen molar-refractivity contribution in [2.75, 3.05) is 11.4 Å². The Morgan fingerprint density at radius 3 is 2.13 bits per heavy atom. The highest BCUT2D eigenvalue weighted by Gasteiger charge is 2.43. The summed E-state index contributed by atoms with van der Waals surface area (Å²) in [5.41, 5.74) is 4.49. The Balaban J connectivity index is 1.60. The van der Waals surface area contributed by atoms with Crippen LogP contribution < -0.4 is 4.90 Å². The Kier molecular flexibility index (Phi) is 5.05. The normalized spacial score (nSPS) is 15.8. The highest BCUT2D eigenvalue weighted by molar-refractivity contribution is 6.37. The number of carbonyl (C=O) groups excluding carboxylic acids is 2. The van der Waals surface area contributed by atoms with Gasteiger partial charge < -0.3 is 4.90 Å². The summed E-state index contributed by atoms with van der Waals surface area (Å²) in [5.74, 6) is -0.594. The maximum atomic E-state index is 13.6. The molecule has 31 heavy (non-hydrogen) atoms. The lowest BCUT2D eigenvalue weighted by Gasteiger charge is -2.22. The van der Waals surface area contributed by atoms with Gasteiger partial charge in [-0.2, -0.15) is 0 Å². The number of anilines is 1. The Labute approximate surface area is 190 Å². The molecule has 0 N–H and O–H groups in total. The van der Waals surface area contributed by atoms with Gasteiger partial charge >= 0.3 is 0 Å². The van der Waals surface area contributed by atoms with E-state index >= 15 is 0 Å². The van der Waals surface area contributed by atoms with Gasteiger partial charge in [0.25, 0.3) is 11.8 Å². The van der Waals surface area contributed by atoms with E-state index < -0.39 is 0 Å². The molecule has 0 bridgehead atoms. The molecule has 5 rings (SSSR count). The quantitative estimate of drug-likeness (QED) is 0.506. The van der Waals surface area contributed by atoms with Gasteiger partial charge in [-0.15, -0.1) is 0 Å². The van der Waals surface area contributed by atoms with Crippen LogP contribution in [0.15, 0.2) is 78.5 Å². The largest absolute Gasteiger partial charge is 0.336 e. The average molecular weight is 449 g/mol. The van der Waals surface area contributed by atoms with Gasteiger partial charge in [-0.25, -0.2) is 0 Å². The minimum Gasteiger partial charge on any atom is -0.336 e. The molecule has 2 heterocycles. The molecule has 2 amide bonds. The second-order valence-corrected chi connectivity index (χ2v) is 8.46. The minimum absolute atomic E-state index is 0.185. The van der Waals surface area contributed by atoms with E-state index in [1.807, 2.05) is 35.2 Å². The molecule has 0 aromatic heterocycles. The van der Waals surface area contributed by atoms with Crippen molar-refractivity contribution in [2.45, 2.75) is 13.0 Å². The van der Waals surface area contributed by atoms with Gasteiger partial charge in [0.1, 0.15) is 5.70 Å². The van der Waals surface area contributed by atoms with Crippen LogP contribution in [-0.2, 0) is 22.6 Å². The molecule has 2 aliphatic rings. The van der Waals surface area contributed by atoms with Crippen LogP contribution in [0.1, 0.15) is 16.7 Å². The number of rotatable bonds is 4. The first-order valence-corrected chi connectivity index (χ1v) is 10.7. The molecule has 3 aromatic carbocycles. The van der Waals surface area contributed by atoms with Crippen LogP contribution in [-0.4, -0.2) is 23.3 Å². The number of benzene rings is 3. The predicted molar refractivity (Wildman–Crippen MR) is 123 cm³/mol. The second-order valence-electron chi connectivity index (χ2n) is 7.58. The molecule has 0 fully saturated rings. The van der Waals surface area contributed by atoms with Crippen molar-refractivity contribution in [3.05, 3.63) is 105 Å². The molecule has 0 atom stereocenters. The molecule has 0 aliphatic carbocycles. The molecule has 0 unspecified atom stereocenters. The summed E-state index contributed by atoms with van der Waals surface area (Å²) in [6.45, 7) is 0.838. The van der Waals surface area contributed by atoms with Crippen molar-refractivity contribution < 1.29 is 9.59 Å². The van der Waals surface area contributed by atoms with Gasteiger partial charge in [0.15, 0.2) is 0 Å². The van der Waals surface area contributed by atoms with Crippen molar-refractivity contribution in [3.63, 3.8) is 0 Å². The average Bonchev–Trinajstić information content (AvgIpc) is 3.30. The van der Waals surface area contributed by atoms with Crippen molar-refractivity contribution in [3.8, 4) is 0 Å². The highest BCUT2D eigenvalue weighted by atomic mass is 35.5. The van der Waals surface area contributed by atoms with E-state index in [0.29, 0.717) is 33.4 Å². The molecule has 3 aromatic rings. The molecular formula is C25H18Cl2N2O2. The van der Waals surface area contributed by atoms with Crippen LogP contribution in [0.3, 0.4) is 0 Å². The summed E-state index contributed by atoms with van der Waals surface area (Å²) in [4.78, 5) is 30.4. The lowest BCUT2D eigenvalue weighted by Crippen LogP contribution is -2.34. The number of hydrogen-bond donors (Lipinski definition) is 0. The fourth-order valence-electron chi connectivity index (χ4n) is 4.18. The Bertz CT molecular complexity index is 1220. The van der Waals surface area contributed by atoms with Gasteiger partial charge in [-0.3, -0.25) is 14.5 Å². The summed E-state index contributed by atoms with van der Waals surface area (Å²) >= 11 is 12.0. The summed E-state index contributed by atoms with van der Waals surface area (Å²) in [5, 5.41) is 1.18. The molecule has 0 spiro atoms. The standard InChI is InChI=1S/C25H18Cl2N2O2/c26-19-9-5-16(6-10-19)15-29-24(30)22(18-7-11-20(27)12-8-18)23(25(29)31)28-14-13-17-3-1-2-4-21(17)28/h1-12H,13-15H2. The zero-order valence-corrected chi connectivity index (χ0v) is 18.0. The molecule has 0 saturated carbocycles. The van der Waals surface area contributed by atoms with E-state index in [2.05, 4.69) is 6.07 Å². The maximum absolute atomic E-state index is 13.6. The molecule has 4 nitrogen and oxygen atoms in total. The third kappa shape index (κ3) is 3.52. The monoisotopic (exact) mass is 448 g/mol. The van der Waals surface area contributed by atoms with E-state index in [9.17, 15) is 9.59 Å². The second kappa shape index (κ2) is 7.88. The van der Waals surface area contributed by atoms with Crippen LogP contribution in [0.5, 0.6) is 0 Å². The van der Waals surface area contributed by atoms with E-state index in [1.54, 1.807) is 36.4 Å². The number of nitrogens with zero attached hydrogens (tertiary/aromatic N) is 2. The number of fused-ring (bicyclic) bond motifs is 1. The van der Waals surface area contributed by atoms with Gasteiger partial charge in [0.05, 0.1) is 12.1 Å². The Morgan fingerprint density at radius 1 is 0.774 bits per heavy atom. The first-order chi connectivity index (χ1) is 15.0. The van der Waals surface area contributed by atoms with E-state index in [0.717, 1.165) is 17.7 Å². The number of hydrogen-bond acceptors (Lipinski definition) is 3. The third-order valence-electron chi connectivity index (χ3n) is 5.69. The Morgan fingerprint density at radius 2 is 1.42 bits per heavy atom. The van der Waals surface area contributed by atoms with Crippen LogP contribution in [0, 0.1) is 0 Å². The van der Waals surface area contributed by atoms with E-state index in [1.165, 1.54) is 10.5 Å². The summed E-state index contributed by atoms with van der Waals surface area (Å²) < 4.78 is 0. The van der Waals surface area contributed by atoms with Crippen LogP contribution in [0.2, 0.25) is 10.0 Å². The zero-order valence-electron chi connectivity index (χ0n) is 16.5. The lowest BCUT2D eigenvalue weighted by atomic mass is 10.0. The summed E-state index contributed by atoms with van der Waals surface area (Å²) in [6.07, 6.45) is 0.826. The van der Waals surface area contributed by atoms with Crippen LogP contribution >= 0.6 is 23.2 Å². The van der Waals surface area contributed by atoms with Crippen molar-refractivity contribution in [2.24, 2.45) is 0 Å². The topological polar surface area (TPSA) is 40.6 Å². The van der Waals surface area contributed by atoms with Crippen molar-refractivity contribution in [1.82, 2.24) is 4.90 Å². The number of imide groups is 1. The van der Waals surface area contributed by atoms with Gasteiger partial charge in [0, 0.05) is 22.3 Å². The predicted octanol–water partition coefficient (Wildman–Crippen LogP) is 5.34. The van der Waals surface area contributed by atoms with Crippen molar-refractivity contribution >= 4 is 46.3 Å². The molecule has 154 valence electrons. The summed E-state index contributed by atoms with van der Waals surface area (Å²) in [6, 6.07) is 22.2. The highest BCUT2D eigenvalue weighted by Crippen LogP contribution is 2.39. The zero-order chi connectivity index (χ0) is 21.5. The number of carbonyl (C=O) groups is 2. The smallest absolute Gasteiger partial charge is 0.278 e. The van der Waals surface area contributed by atoms with Crippen molar-refractivity contribution in [1.29, 1.82) is 0 Å². The molecule has 2 aliphatic heterocycles. The number of para-hydroxylation sites is 1. The van der Waals surface area contributed by atoms with Crippen LogP contribution in [0.25, 0.3) is 5.57 Å². The lowest BCUT2D eigenvalue weighted by molar-refractivity contribution is -0.137. The molecule has 0 saturated heterocycles. The maximum Gasteiger partial charge on any atom is 0.278 e. The van der Waals surface area contributed by atoms with Gasteiger partial charge in [0.2, 0.25) is 0 Å². The first-order valence-electron chi connectivity index (χ1n) is 9.99. The van der Waals surface area contributed by atoms with E-state index in [4.69, 9.17) is 23.2 Å². The SMILES string of the molecule is O=C1C(c2ccc(Cl)cc2)=C(N2CCc3ccccc32)C(=O)N1Cc1ccc(Cl)cc1. The molecule has 0 radical (unpaired) electrons. The van der Waals surface area contributed by atoms with Gasteiger partial charge in [-0.1, -0.05) is 65.7 Å². The third-order valence-corrected chi connectivity index (χ3v) is 6.19. The number of halogens is 2. The molecular weight excluding hydrogens is 431 g/mol. The number of amides is 2. The van der Waals surface area contributed by atoms with Gasteiger partial charge in [-0.05, 0) is 53.4 Å². The minimum atomic E-state index is -0.304. The first kappa shape index (κ1) is 19.9. The summed E-state index contributed by atoms with van der Waals surface area (Å²) in [7, 11) is 0. The fraction of sp³-hybridized carbons (Fsp3) is 0.120. The molecule has 6 heteroatoms.